The molecule has 0 radical (unpaired) electrons. The molecule has 0 bridgehead atoms. The second kappa shape index (κ2) is 16.8. The van der Waals surface area contributed by atoms with Gasteiger partial charge in [-0.2, -0.15) is 0 Å². The summed E-state index contributed by atoms with van der Waals surface area (Å²) >= 11 is 0. The number of carbonyl (C=O) groups is 3. The number of nitrogens with zero attached hydrogens (tertiary/aromatic N) is 1. The molecule has 202 valence electrons. The van der Waals surface area contributed by atoms with Crippen LogP contribution in [0.3, 0.4) is 0 Å². The number of esters is 1. The standard InChI is InChI=1S/C24H44N4O7/c1-4-25-8-9-32-10-11-33-12-13-34-17-22(29)28-16-19(35-24(31)20-6-5-7-26-20)14-21(28)23(30)27-15-18(2)3/h18-21,25-26H,4-17H2,1-3H3,(H,27,30). The first-order chi connectivity index (χ1) is 16.9. The molecule has 3 N–H and O–H groups in total. The van der Waals surface area contributed by atoms with Gasteiger partial charge in [-0.25, -0.2) is 0 Å². The highest BCUT2D eigenvalue weighted by atomic mass is 16.6. The highest BCUT2D eigenvalue weighted by Gasteiger charge is 2.42. The van der Waals surface area contributed by atoms with E-state index < -0.39 is 12.1 Å². The predicted octanol–water partition coefficient (Wildman–Crippen LogP) is -0.317. The molecule has 0 aliphatic carbocycles. The number of rotatable bonds is 17. The third-order valence-electron chi connectivity index (χ3n) is 5.84. The van der Waals surface area contributed by atoms with Gasteiger partial charge in [-0.3, -0.25) is 14.4 Å². The molecular weight excluding hydrogens is 456 g/mol. The van der Waals surface area contributed by atoms with Gasteiger partial charge in [0.1, 0.15) is 24.8 Å². The Labute approximate surface area is 208 Å². The summed E-state index contributed by atoms with van der Waals surface area (Å²) in [4.78, 5) is 39.5. The van der Waals surface area contributed by atoms with Gasteiger partial charge < -0.3 is 39.8 Å². The van der Waals surface area contributed by atoms with Gasteiger partial charge in [0, 0.05) is 19.5 Å². The average molecular weight is 501 g/mol. The lowest BCUT2D eigenvalue weighted by Crippen LogP contribution is -2.47. The van der Waals surface area contributed by atoms with Crippen LogP contribution in [0.4, 0.5) is 0 Å². The van der Waals surface area contributed by atoms with E-state index in [-0.39, 0.29) is 55.9 Å². The van der Waals surface area contributed by atoms with Crippen molar-refractivity contribution in [2.24, 2.45) is 5.92 Å². The maximum atomic E-state index is 12.8. The lowest BCUT2D eigenvalue weighted by molar-refractivity contribution is -0.151. The molecule has 3 atom stereocenters. The first-order valence-electron chi connectivity index (χ1n) is 12.9. The molecule has 2 heterocycles. The Morgan fingerprint density at radius 3 is 2.43 bits per heavy atom. The summed E-state index contributed by atoms with van der Waals surface area (Å²) in [5, 5.41) is 9.18. The van der Waals surface area contributed by atoms with E-state index in [0.717, 1.165) is 32.5 Å². The van der Waals surface area contributed by atoms with E-state index in [1.165, 1.54) is 4.90 Å². The Hall–Kier alpha value is -1.79. The zero-order chi connectivity index (χ0) is 25.5. The van der Waals surface area contributed by atoms with Gasteiger partial charge in [0.05, 0.1) is 39.6 Å². The lowest BCUT2D eigenvalue weighted by atomic mass is 10.1. The number of nitrogens with one attached hydrogen (secondary N) is 3. The van der Waals surface area contributed by atoms with Crippen LogP contribution in [-0.2, 0) is 33.3 Å². The Bertz CT molecular complexity index is 643. The number of likely N-dealkylation sites (N-methyl/N-ethyl adjacent to an activating group) is 1. The van der Waals surface area contributed by atoms with Gasteiger partial charge in [0.2, 0.25) is 11.8 Å². The minimum Gasteiger partial charge on any atom is -0.459 e. The first-order valence-corrected chi connectivity index (χ1v) is 12.9. The van der Waals surface area contributed by atoms with Crippen molar-refractivity contribution in [2.75, 3.05) is 72.4 Å². The van der Waals surface area contributed by atoms with Crippen LogP contribution in [0.15, 0.2) is 0 Å². The Kier molecular flexibility index (Phi) is 14.1. The summed E-state index contributed by atoms with van der Waals surface area (Å²) < 4.78 is 22.0. The molecule has 0 saturated carbocycles. The third-order valence-corrected chi connectivity index (χ3v) is 5.84. The monoisotopic (exact) mass is 500 g/mol. The van der Waals surface area contributed by atoms with Gasteiger partial charge in [-0.05, 0) is 31.8 Å². The van der Waals surface area contributed by atoms with Crippen LogP contribution in [0.5, 0.6) is 0 Å². The summed E-state index contributed by atoms with van der Waals surface area (Å²) in [6.45, 7) is 11.3. The molecule has 0 aromatic heterocycles. The SMILES string of the molecule is CCNCCOCCOCCOCC(=O)N1CC(OC(=O)C2CCCN2)CC1C(=O)NCC(C)C. The van der Waals surface area contributed by atoms with Crippen molar-refractivity contribution in [1.82, 2.24) is 20.9 Å². The minimum atomic E-state index is -0.685. The van der Waals surface area contributed by atoms with Crippen LogP contribution >= 0.6 is 0 Å². The highest BCUT2D eigenvalue weighted by molar-refractivity contribution is 5.89. The molecule has 2 rings (SSSR count). The number of hydrogen-bond donors (Lipinski definition) is 3. The van der Waals surface area contributed by atoms with Crippen LogP contribution in [-0.4, -0.2) is 113 Å². The smallest absolute Gasteiger partial charge is 0.323 e. The zero-order valence-corrected chi connectivity index (χ0v) is 21.5. The lowest BCUT2D eigenvalue weighted by Gasteiger charge is -2.24. The molecule has 11 heteroatoms. The summed E-state index contributed by atoms with van der Waals surface area (Å²) in [6, 6.07) is -0.996. The number of amides is 2. The topological polar surface area (TPSA) is 127 Å². The Morgan fingerprint density at radius 1 is 1.06 bits per heavy atom. The molecule has 2 aliphatic heterocycles. The van der Waals surface area contributed by atoms with Crippen molar-refractivity contribution < 1.29 is 33.3 Å². The van der Waals surface area contributed by atoms with Crippen LogP contribution in [0, 0.1) is 5.92 Å². The van der Waals surface area contributed by atoms with Gasteiger partial charge >= 0.3 is 5.97 Å². The van der Waals surface area contributed by atoms with Crippen molar-refractivity contribution in [3.63, 3.8) is 0 Å². The Morgan fingerprint density at radius 2 is 1.77 bits per heavy atom. The fraction of sp³-hybridized carbons (Fsp3) is 0.875. The first kappa shape index (κ1) is 29.4. The molecule has 11 nitrogen and oxygen atoms in total. The van der Waals surface area contributed by atoms with E-state index in [0.29, 0.717) is 33.0 Å². The largest absolute Gasteiger partial charge is 0.459 e. The molecule has 35 heavy (non-hydrogen) atoms. The van der Waals surface area contributed by atoms with E-state index >= 15 is 0 Å². The van der Waals surface area contributed by atoms with Crippen LogP contribution in [0.2, 0.25) is 0 Å². The molecule has 2 amide bonds. The van der Waals surface area contributed by atoms with Crippen molar-refractivity contribution in [3.8, 4) is 0 Å². The van der Waals surface area contributed by atoms with E-state index in [4.69, 9.17) is 18.9 Å². The van der Waals surface area contributed by atoms with Crippen molar-refractivity contribution >= 4 is 17.8 Å². The third kappa shape index (κ3) is 11.2. The number of carbonyl (C=O) groups excluding carboxylic acids is 3. The maximum absolute atomic E-state index is 12.8. The molecule has 0 aromatic carbocycles. The molecule has 2 saturated heterocycles. The highest BCUT2D eigenvalue weighted by Crippen LogP contribution is 2.22. The molecule has 0 aromatic rings. The molecule has 2 aliphatic rings. The van der Waals surface area contributed by atoms with Crippen molar-refractivity contribution in [1.29, 1.82) is 0 Å². The molecule has 2 fully saturated rings. The van der Waals surface area contributed by atoms with Gasteiger partial charge in [0.25, 0.3) is 0 Å². The fourth-order valence-corrected chi connectivity index (χ4v) is 3.96. The van der Waals surface area contributed by atoms with Gasteiger partial charge in [-0.1, -0.05) is 20.8 Å². The predicted molar refractivity (Wildman–Crippen MR) is 130 cm³/mol. The summed E-state index contributed by atoms with van der Waals surface area (Å²) in [7, 11) is 0. The van der Waals surface area contributed by atoms with Gasteiger partial charge in [0.15, 0.2) is 0 Å². The number of likely N-dealkylation sites (tertiary alicyclic amines) is 1. The zero-order valence-electron chi connectivity index (χ0n) is 21.5. The van der Waals surface area contributed by atoms with Crippen molar-refractivity contribution in [3.05, 3.63) is 0 Å². The van der Waals surface area contributed by atoms with Gasteiger partial charge in [-0.15, -0.1) is 0 Å². The fourth-order valence-electron chi connectivity index (χ4n) is 3.96. The second-order valence-corrected chi connectivity index (χ2v) is 9.28. The van der Waals surface area contributed by atoms with E-state index in [2.05, 4.69) is 16.0 Å². The van der Waals surface area contributed by atoms with Crippen LogP contribution in [0.1, 0.15) is 40.0 Å². The second-order valence-electron chi connectivity index (χ2n) is 9.28. The van der Waals surface area contributed by atoms with Crippen LogP contribution < -0.4 is 16.0 Å². The summed E-state index contributed by atoms with van der Waals surface area (Å²) in [5.41, 5.74) is 0. The number of ether oxygens (including phenoxy) is 4. The molecule has 3 unspecified atom stereocenters. The van der Waals surface area contributed by atoms with Crippen LogP contribution in [0.25, 0.3) is 0 Å². The number of hydrogen-bond acceptors (Lipinski definition) is 9. The van der Waals surface area contributed by atoms with E-state index in [1.54, 1.807) is 0 Å². The molecule has 0 spiro atoms. The summed E-state index contributed by atoms with van der Waals surface area (Å²) in [5.74, 6) is -0.573. The molecular formula is C24H44N4O7. The van der Waals surface area contributed by atoms with Crippen molar-refractivity contribution in [2.45, 2.75) is 58.2 Å². The average Bonchev–Trinajstić information content (AvgIpc) is 3.51. The quantitative estimate of drug-likeness (QED) is 0.182. The minimum absolute atomic E-state index is 0.165. The maximum Gasteiger partial charge on any atom is 0.323 e. The summed E-state index contributed by atoms with van der Waals surface area (Å²) in [6.07, 6.45) is 1.44. The van der Waals surface area contributed by atoms with E-state index in [9.17, 15) is 14.4 Å². The normalized spacial score (nSPS) is 22.1. The van der Waals surface area contributed by atoms with E-state index in [1.807, 2.05) is 20.8 Å². The Balaban J connectivity index is 1.73.